The maximum absolute atomic E-state index is 5.93. The van der Waals surface area contributed by atoms with Crippen LogP contribution in [0.15, 0.2) is 133 Å². The second-order valence-corrected chi connectivity index (χ2v) is 8.99. The zero-order valence-electron chi connectivity index (χ0n) is 19.9. The summed E-state index contributed by atoms with van der Waals surface area (Å²) in [4.78, 5) is 2.24. The summed E-state index contributed by atoms with van der Waals surface area (Å²) in [5.74, 6) is 0. The lowest BCUT2D eigenvalue weighted by Gasteiger charge is -2.25. The number of para-hydroxylation sites is 1. The van der Waals surface area contributed by atoms with E-state index < -0.39 is 0 Å². The van der Waals surface area contributed by atoms with Gasteiger partial charge in [0.15, 0.2) is 0 Å². The fourth-order valence-corrected chi connectivity index (χ4v) is 4.64. The van der Waals surface area contributed by atoms with Crippen LogP contribution in [0.25, 0.3) is 33.7 Å². The van der Waals surface area contributed by atoms with Gasteiger partial charge in [0, 0.05) is 22.7 Å². The number of nitrogens with two attached hydrogens (primary N) is 1. The molecule has 0 fully saturated rings. The summed E-state index contributed by atoms with van der Waals surface area (Å²) in [6, 6.07) is 46.7. The molecule has 0 aromatic heterocycles. The van der Waals surface area contributed by atoms with Crippen molar-refractivity contribution in [2.24, 2.45) is 0 Å². The highest BCUT2D eigenvalue weighted by atomic mass is 15.1. The number of fused-ring (bicyclic) bond motifs is 2. The molecule has 0 aliphatic carbocycles. The van der Waals surface area contributed by atoms with Crippen molar-refractivity contribution in [2.45, 2.75) is 0 Å². The van der Waals surface area contributed by atoms with Gasteiger partial charge in [-0.3, -0.25) is 0 Å². The Morgan fingerprint density at radius 3 is 1.61 bits per heavy atom. The molecule has 6 aromatic carbocycles. The summed E-state index contributed by atoms with van der Waals surface area (Å²) in [7, 11) is 0. The van der Waals surface area contributed by atoms with E-state index >= 15 is 0 Å². The third-order valence-electron chi connectivity index (χ3n) is 6.51. The van der Waals surface area contributed by atoms with Crippen LogP contribution in [0.1, 0.15) is 11.1 Å². The first-order chi connectivity index (χ1) is 17.7. The van der Waals surface area contributed by atoms with Crippen molar-refractivity contribution in [3.8, 4) is 0 Å². The lowest BCUT2D eigenvalue weighted by Crippen LogP contribution is -2.09. The predicted octanol–water partition coefficient (Wildman–Crippen LogP) is 9.22. The van der Waals surface area contributed by atoms with Crippen molar-refractivity contribution in [1.29, 1.82) is 0 Å². The normalized spacial score (nSPS) is 11.3. The summed E-state index contributed by atoms with van der Waals surface area (Å²) in [5, 5.41) is 5.06. The summed E-state index contributed by atoms with van der Waals surface area (Å²) in [5.41, 5.74) is 12.3. The molecule has 0 bridgehead atoms. The Morgan fingerprint density at radius 2 is 0.917 bits per heavy atom. The smallest absolute Gasteiger partial charge is 0.0463 e. The molecule has 2 nitrogen and oxygen atoms in total. The van der Waals surface area contributed by atoms with Crippen LogP contribution in [0.5, 0.6) is 0 Å². The predicted molar refractivity (Wildman–Crippen MR) is 156 cm³/mol. The third kappa shape index (κ3) is 4.45. The molecule has 0 saturated carbocycles. The number of hydrogen-bond acceptors (Lipinski definition) is 2. The molecule has 0 unspecified atom stereocenters. The number of anilines is 4. The standard InChI is InChI=1S/C34H26N2/c35-31-16-20-34(21-17-31)36(32-8-2-1-3-9-32)33-18-13-25(14-19-33)10-11-26-12-15-29-23-27-6-4-5-7-28(27)24-30(29)22-26/h1-24H,35H2. The van der Waals surface area contributed by atoms with Gasteiger partial charge in [0.1, 0.15) is 0 Å². The van der Waals surface area contributed by atoms with Gasteiger partial charge in [-0.05, 0) is 99.4 Å². The average Bonchev–Trinajstić information content (AvgIpc) is 2.93. The highest BCUT2D eigenvalue weighted by Gasteiger charge is 2.11. The number of rotatable bonds is 5. The molecular weight excluding hydrogens is 436 g/mol. The highest BCUT2D eigenvalue weighted by molar-refractivity contribution is 5.99. The summed E-state index contributed by atoms with van der Waals surface area (Å²) in [6.45, 7) is 0. The monoisotopic (exact) mass is 462 g/mol. The topological polar surface area (TPSA) is 29.3 Å². The Hall–Kier alpha value is -4.82. The molecule has 0 aliphatic rings. The van der Waals surface area contributed by atoms with Gasteiger partial charge < -0.3 is 10.6 Å². The van der Waals surface area contributed by atoms with Crippen molar-refractivity contribution in [1.82, 2.24) is 0 Å². The van der Waals surface area contributed by atoms with E-state index in [0.717, 1.165) is 28.3 Å². The van der Waals surface area contributed by atoms with E-state index in [0.29, 0.717) is 0 Å². The third-order valence-corrected chi connectivity index (χ3v) is 6.51. The van der Waals surface area contributed by atoms with Crippen molar-refractivity contribution in [3.05, 3.63) is 145 Å². The molecule has 2 heteroatoms. The van der Waals surface area contributed by atoms with Gasteiger partial charge in [0.05, 0.1) is 0 Å². The van der Waals surface area contributed by atoms with Gasteiger partial charge in [-0.1, -0.05) is 78.9 Å². The minimum Gasteiger partial charge on any atom is -0.399 e. The zero-order chi connectivity index (χ0) is 24.3. The van der Waals surface area contributed by atoms with E-state index in [1.165, 1.54) is 27.1 Å². The van der Waals surface area contributed by atoms with Crippen LogP contribution >= 0.6 is 0 Å². The van der Waals surface area contributed by atoms with Gasteiger partial charge in [0.2, 0.25) is 0 Å². The first-order valence-corrected chi connectivity index (χ1v) is 12.1. The van der Waals surface area contributed by atoms with Crippen molar-refractivity contribution in [3.63, 3.8) is 0 Å². The van der Waals surface area contributed by atoms with E-state index in [4.69, 9.17) is 5.73 Å². The largest absolute Gasteiger partial charge is 0.399 e. The van der Waals surface area contributed by atoms with Crippen molar-refractivity contribution in [2.75, 3.05) is 10.6 Å². The highest BCUT2D eigenvalue weighted by Crippen LogP contribution is 2.35. The summed E-state index contributed by atoms with van der Waals surface area (Å²) < 4.78 is 0. The Labute approximate surface area is 211 Å². The van der Waals surface area contributed by atoms with E-state index in [1.807, 2.05) is 18.2 Å². The Bertz CT molecular complexity index is 1670. The van der Waals surface area contributed by atoms with E-state index in [9.17, 15) is 0 Å². The van der Waals surface area contributed by atoms with Crippen LogP contribution in [-0.2, 0) is 0 Å². The Balaban J connectivity index is 1.28. The quantitative estimate of drug-likeness (QED) is 0.157. The van der Waals surface area contributed by atoms with Crippen molar-refractivity contribution < 1.29 is 0 Å². The van der Waals surface area contributed by atoms with Crippen LogP contribution in [-0.4, -0.2) is 0 Å². The summed E-state index contributed by atoms with van der Waals surface area (Å²) in [6.07, 6.45) is 4.35. The SMILES string of the molecule is Nc1ccc(N(c2ccccc2)c2ccc(C=Cc3ccc4cc5ccccc5cc4c3)cc2)cc1. The van der Waals surface area contributed by atoms with Crippen LogP contribution < -0.4 is 10.6 Å². The molecule has 0 aliphatic heterocycles. The lowest BCUT2D eigenvalue weighted by atomic mass is 10.0. The maximum atomic E-state index is 5.93. The first-order valence-electron chi connectivity index (χ1n) is 12.1. The van der Waals surface area contributed by atoms with Gasteiger partial charge in [-0.25, -0.2) is 0 Å². The molecule has 0 atom stereocenters. The maximum Gasteiger partial charge on any atom is 0.0463 e. The Morgan fingerprint density at radius 1 is 0.417 bits per heavy atom. The van der Waals surface area contributed by atoms with E-state index in [-0.39, 0.29) is 0 Å². The molecule has 0 heterocycles. The lowest BCUT2D eigenvalue weighted by molar-refractivity contribution is 1.28. The molecule has 0 saturated heterocycles. The number of nitrogen functional groups attached to an aromatic ring is 1. The average molecular weight is 463 g/mol. The molecule has 6 rings (SSSR count). The molecule has 2 N–H and O–H groups in total. The van der Waals surface area contributed by atoms with Gasteiger partial charge in [0.25, 0.3) is 0 Å². The fraction of sp³-hybridized carbons (Fsp3) is 0. The molecule has 0 radical (unpaired) electrons. The molecule has 0 amide bonds. The number of hydrogen-bond donors (Lipinski definition) is 1. The number of benzene rings is 6. The molecule has 172 valence electrons. The molecule has 36 heavy (non-hydrogen) atoms. The van der Waals surface area contributed by atoms with Crippen molar-refractivity contribution >= 4 is 56.4 Å². The number of nitrogens with zero attached hydrogens (tertiary/aromatic N) is 1. The Kier molecular flexibility index (Phi) is 5.69. The minimum atomic E-state index is 0.758. The second kappa shape index (κ2) is 9.44. The minimum absolute atomic E-state index is 0.758. The molecule has 0 spiro atoms. The first kappa shape index (κ1) is 21.7. The van der Waals surface area contributed by atoms with Crippen LogP contribution in [0.2, 0.25) is 0 Å². The van der Waals surface area contributed by atoms with Crippen LogP contribution in [0.3, 0.4) is 0 Å². The molecule has 6 aromatic rings. The van der Waals surface area contributed by atoms with E-state index in [2.05, 4.69) is 132 Å². The van der Waals surface area contributed by atoms with Crippen LogP contribution in [0.4, 0.5) is 22.7 Å². The van der Waals surface area contributed by atoms with Crippen LogP contribution in [0, 0.1) is 0 Å². The molecular formula is C34H26N2. The van der Waals surface area contributed by atoms with E-state index in [1.54, 1.807) is 0 Å². The van der Waals surface area contributed by atoms with Gasteiger partial charge in [-0.15, -0.1) is 0 Å². The van der Waals surface area contributed by atoms with Gasteiger partial charge in [-0.2, -0.15) is 0 Å². The summed E-state index contributed by atoms with van der Waals surface area (Å²) >= 11 is 0. The van der Waals surface area contributed by atoms with Gasteiger partial charge >= 0.3 is 0 Å². The zero-order valence-corrected chi connectivity index (χ0v) is 19.9. The fourth-order valence-electron chi connectivity index (χ4n) is 4.64. The second-order valence-electron chi connectivity index (χ2n) is 8.99.